The van der Waals surface area contributed by atoms with Gasteiger partial charge in [0.15, 0.2) is 5.75 Å². The van der Waals surface area contributed by atoms with Gasteiger partial charge < -0.3 is 24.2 Å². The highest BCUT2D eigenvalue weighted by Crippen LogP contribution is 2.38. The second kappa shape index (κ2) is 12.6. The summed E-state index contributed by atoms with van der Waals surface area (Å²) in [5.74, 6) is -1.40. The van der Waals surface area contributed by atoms with Crippen LogP contribution in [0.4, 0.5) is 10.5 Å². The Morgan fingerprint density at radius 3 is 2.49 bits per heavy atom. The molecule has 35 heavy (non-hydrogen) atoms. The average molecular weight is 483 g/mol. The highest BCUT2D eigenvalue weighted by atomic mass is 16.7. The zero-order valence-corrected chi connectivity index (χ0v) is 19.5. The van der Waals surface area contributed by atoms with Crippen LogP contribution in [0.2, 0.25) is 0 Å². The van der Waals surface area contributed by atoms with E-state index in [9.17, 15) is 30.1 Å². The monoisotopic (exact) mass is 483 g/mol. The summed E-state index contributed by atoms with van der Waals surface area (Å²) in [5.41, 5.74) is -0.263. The van der Waals surface area contributed by atoms with Gasteiger partial charge in [-0.05, 0) is 43.2 Å². The third kappa shape index (κ3) is 6.94. The van der Waals surface area contributed by atoms with Crippen LogP contribution in [0.25, 0.3) is 6.08 Å². The number of nitriles is 1. The van der Waals surface area contributed by atoms with Crippen molar-refractivity contribution >= 4 is 23.8 Å². The Labute approximate surface area is 201 Å². The van der Waals surface area contributed by atoms with E-state index in [-0.39, 0.29) is 17.7 Å². The number of methoxy groups -OCH3 is 1. The second-order valence-electron chi connectivity index (χ2n) is 7.05. The maximum absolute atomic E-state index is 12.5. The van der Waals surface area contributed by atoms with Crippen molar-refractivity contribution in [3.63, 3.8) is 0 Å². The minimum atomic E-state index is -1.20. The van der Waals surface area contributed by atoms with Crippen molar-refractivity contribution in [2.24, 2.45) is 0 Å². The predicted octanol–water partition coefficient (Wildman–Crippen LogP) is 3.84. The molecule has 0 aliphatic rings. The summed E-state index contributed by atoms with van der Waals surface area (Å²) >= 11 is 0. The topological polar surface area (TPSA) is 152 Å². The number of nitro groups is 1. The van der Waals surface area contributed by atoms with Crippen molar-refractivity contribution in [3.05, 3.63) is 63.2 Å². The van der Waals surface area contributed by atoms with Crippen LogP contribution in [-0.2, 0) is 16.0 Å². The fraction of sp³-hybridized carbons (Fsp3) is 0.292. The molecule has 11 heteroatoms. The number of nitrogens with zero attached hydrogens (tertiary/aromatic N) is 3. The number of ether oxygens (including phenoxy) is 3. The van der Waals surface area contributed by atoms with Gasteiger partial charge in [-0.1, -0.05) is 18.2 Å². The van der Waals surface area contributed by atoms with Gasteiger partial charge in [0.25, 0.3) is 5.91 Å². The normalized spacial score (nSPS) is 10.7. The van der Waals surface area contributed by atoms with Gasteiger partial charge in [-0.25, -0.2) is 4.79 Å². The fourth-order valence-corrected chi connectivity index (χ4v) is 3.18. The highest BCUT2D eigenvalue weighted by Gasteiger charge is 2.23. The number of aromatic hydroxyl groups is 1. The summed E-state index contributed by atoms with van der Waals surface area (Å²) in [4.78, 5) is 36.6. The first-order valence-corrected chi connectivity index (χ1v) is 10.6. The molecule has 0 bridgehead atoms. The molecule has 184 valence electrons. The minimum Gasteiger partial charge on any atom is -0.499 e. The number of benzene rings is 2. The molecule has 0 heterocycles. The van der Waals surface area contributed by atoms with Gasteiger partial charge >= 0.3 is 11.8 Å². The molecule has 0 saturated carbocycles. The van der Waals surface area contributed by atoms with Crippen molar-refractivity contribution < 1.29 is 33.8 Å². The molecule has 1 N–H and O–H groups in total. The molecule has 0 unspecified atom stereocenters. The number of nitro benzene ring substituents is 1. The van der Waals surface area contributed by atoms with Crippen LogP contribution >= 0.6 is 0 Å². The summed E-state index contributed by atoms with van der Waals surface area (Å²) < 4.78 is 15.2. The quantitative estimate of drug-likeness (QED) is 0.133. The number of rotatable bonds is 10. The Morgan fingerprint density at radius 2 is 1.89 bits per heavy atom. The van der Waals surface area contributed by atoms with Crippen molar-refractivity contribution in [1.29, 1.82) is 5.26 Å². The molecule has 0 fully saturated rings. The molecule has 0 atom stereocenters. The van der Waals surface area contributed by atoms with Gasteiger partial charge in [-0.15, -0.1) is 0 Å². The highest BCUT2D eigenvalue weighted by molar-refractivity contribution is 6.01. The van der Waals surface area contributed by atoms with Crippen LogP contribution in [0.3, 0.4) is 0 Å². The molecule has 11 nitrogen and oxygen atoms in total. The van der Waals surface area contributed by atoms with Gasteiger partial charge in [-0.2, -0.15) is 5.26 Å². The van der Waals surface area contributed by atoms with E-state index in [2.05, 4.69) is 0 Å². The largest absolute Gasteiger partial charge is 0.513 e. The molecule has 2 rings (SSSR count). The first-order chi connectivity index (χ1) is 16.7. The van der Waals surface area contributed by atoms with Crippen molar-refractivity contribution in [2.75, 3.05) is 26.8 Å². The van der Waals surface area contributed by atoms with Crippen molar-refractivity contribution in [1.82, 2.24) is 4.90 Å². The lowest BCUT2D eigenvalue weighted by atomic mass is 10.1. The van der Waals surface area contributed by atoms with Crippen LogP contribution in [0.5, 0.6) is 17.2 Å². The number of phenolic OH excluding ortho intramolecular Hbond substituents is 1. The summed E-state index contributed by atoms with van der Waals surface area (Å²) in [6, 6.07) is 11.0. The Bertz CT molecular complexity index is 1170. The smallest absolute Gasteiger partial charge is 0.499 e. The van der Waals surface area contributed by atoms with E-state index in [4.69, 9.17) is 14.2 Å². The first kappa shape index (κ1) is 26.7. The van der Waals surface area contributed by atoms with Gasteiger partial charge in [0.2, 0.25) is 5.75 Å². The second-order valence-corrected chi connectivity index (χ2v) is 7.05. The number of hydrogen-bond donors (Lipinski definition) is 1. The molecule has 2 aromatic rings. The predicted molar refractivity (Wildman–Crippen MR) is 125 cm³/mol. The van der Waals surface area contributed by atoms with Gasteiger partial charge in [0.1, 0.15) is 17.4 Å². The molecular weight excluding hydrogens is 458 g/mol. The minimum absolute atomic E-state index is 0.00313. The van der Waals surface area contributed by atoms with Crippen molar-refractivity contribution in [3.8, 4) is 23.3 Å². The Kier molecular flexibility index (Phi) is 9.60. The lowest BCUT2D eigenvalue weighted by Crippen LogP contribution is -2.31. The van der Waals surface area contributed by atoms with Gasteiger partial charge in [0, 0.05) is 25.6 Å². The molecule has 2 aromatic carbocycles. The van der Waals surface area contributed by atoms with Crippen LogP contribution in [-0.4, -0.2) is 53.8 Å². The van der Waals surface area contributed by atoms with Gasteiger partial charge in [0.05, 0.1) is 18.6 Å². The fourth-order valence-electron chi connectivity index (χ4n) is 3.18. The molecule has 1 amide bonds. The molecule has 0 saturated heterocycles. The summed E-state index contributed by atoms with van der Waals surface area (Å²) in [6.07, 6.45) is 0.227. The zero-order chi connectivity index (χ0) is 26.0. The van der Waals surface area contributed by atoms with E-state index < -0.39 is 34.2 Å². The molecule has 0 aliphatic heterocycles. The average Bonchev–Trinajstić information content (AvgIpc) is 2.84. The van der Waals surface area contributed by atoms with Crippen LogP contribution < -0.4 is 9.47 Å². The lowest BCUT2D eigenvalue weighted by Gasteiger charge is -2.17. The number of phenols is 1. The third-order valence-electron chi connectivity index (χ3n) is 4.96. The van der Waals surface area contributed by atoms with E-state index >= 15 is 0 Å². The van der Waals surface area contributed by atoms with Crippen LogP contribution in [0.1, 0.15) is 25.0 Å². The third-order valence-corrected chi connectivity index (χ3v) is 4.96. The van der Waals surface area contributed by atoms with E-state index in [0.717, 1.165) is 23.8 Å². The number of hydrogen-bond acceptors (Lipinski definition) is 9. The number of amides is 1. The van der Waals surface area contributed by atoms with Crippen LogP contribution in [0, 0.1) is 21.4 Å². The van der Waals surface area contributed by atoms with E-state index in [1.165, 1.54) is 12.0 Å². The molecule has 0 radical (unpaired) electrons. The standard InChI is InChI=1S/C24H25N3O8/c1-4-26(5-2)23(29)18(15-25)12-16-13-19(27(31)32)22(28)21(14-16)35-24(30)34-11-10-17-8-6-7-9-20(17)33-3/h6-9,12-14,28H,4-5,10-11H2,1-3H3/b18-12+. The summed E-state index contributed by atoms with van der Waals surface area (Å²) in [7, 11) is 1.51. The van der Waals surface area contributed by atoms with E-state index in [0.29, 0.717) is 25.3 Å². The molecule has 0 aromatic heterocycles. The Balaban J connectivity index is 2.25. The van der Waals surface area contributed by atoms with E-state index in [1.807, 2.05) is 0 Å². The number of likely N-dealkylation sites (N-methyl/N-ethyl adjacent to an activating group) is 1. The molecule has 0 spiro atoms. The zero-order valence-electron chi connectivity index (χ0n) is 19.5. The summed E-state index contributed by atoms with van der Waals surface area (Å²) in [5, 5.41) is 31.0. The van der Waals surface area contributed by atoms with Crippen LogP contribution in [0.15, 0.2) is 42.0 Å². The molecule has 0 aliphatic carbocycles. The maximum Gasteiger partial charge on any atom is 0.513 e. The van der Waals surface area contributed by atoms with Gasteiger partial charge in [-0.3, -0.25) is 14.9 Å². The van der Waals surface area contributed by atoms with E-state index in [1.54, 1.807) is 44.2 Å². The summed E-state index contributed by atoms with van der Waals surface area (Å²) in [6.45, 7) is 4.12. The number of carbonyl (C=O) groups excluding carboxylic acids is 2. The lowest BCUT2D eigenvalue weighted by molar-refractivity contribution is -0.385. The Morgan fingerprint density at radius 1 is 1.20 bits per heavy atom. The number of para-hydroxylation sites is 1. The maximum atomic E-state index is 12.5. The SMILES string of the molecule is CCN(CC)C(=O)/C(C#N)=C/c1cc(OC(=O)OCCc2ccccc2OC)c(O)c([N+](=O)[O-])c1. The first-order valence-electron chi connectivity index (χ1n) is 10.6. The molecular formula is C24H25N3O8. The number of carbonyl (C=O) groups is 2. The van der Waals surface area contributed by atoms with Crippen molar-refractivity contribution in [2.45, 2.75) is 20.3 Å². The Hall–Kier alpha value is -4.59.